The Morgan fingerprint density at radius 1 is 1.38 bits per heavy atom. The third kappa shape index (κ3) is 4.25. The lowest BCUT2D eigenvalue weighted by atomic mass is 10.2. The quantitative estimate of drug-likeness (QED) is 0.825. The van der Waals surface area contributed by atoms with Crippen molar-refractivity contribution in [1.29, 1.82) is 0 Å². The number of halogens is 2. The van der Waals surface area contributed by atoms with Crippen LogP contribution in [0.5, 0.6) is 0 Å². The first kappa shape index (κ1) is 13.1. The van der Waals surface area contributed by atoms with E-state index in [9.17, 15) is 4.79 Å². The Morgan fingerprint density at radius 2 is 2.06 bits per heavy atom. The highest BCUT2D eigenvalue weighted by Crippen LogP contribution is 2.21. The first-order valence-corrected chi connectivity index (χ1v) is 5.68. The van der Waals surface area contributed by atoms with Gasteiger partial charge in [-0.2, -0.15) is 0 Å². The highest BCUT2D eigenvalue weighted by Gasteiger charge is 2.00. The molecular weight excluding hydrogens is 245 g/mol. The Kier molecular flexibility index (Phi) is 4.84. The lowest BCUT2D eigenvalue weighted by molar-refractivity contribution is -0.116. The molecule has 2 nitrogen and oxygen atoms in total. The van der Waals surface area contributed by atoms with Gasteiger partial charge in [0.1, 0.15) is 0 Å². The topological polar surface area (TPSA) is 29.1 Å². The number of carbonyl (C=O) groups is 1. The summed E-state index contributed by atoms with van der Waals surface area (Å²) in [4.78, 5) is 11.3. The summed E-state index contributed by atoms with van der Waals surface area (Å²) in [6, 6.07) is 5.26. The lowest BCUT2D eigenvalue weighted by Crippen LogP contribution is -2.28. The number of carbonyl (C=O) groups excluding carboxylic acids is 1. The fourth-order valence-corrected chi connectivity index (χ4v) is 1.61. The van der Waals surface area contributed by atoms with Gasteiger partial charge in [-0.15, -0.1) is 0 Å². The molecule has 0 spiro atoms. The Hall–Kier alpha value is -0.990. The average Bonchev–Trinajstić information content (AvgIpc) is 2.15. The van der Waals surface area contributed by atoms with Crippen molar-refractivity contribution in [3.63, 3.8) is 0 Å². The standard InChI is InChI=1S/C12H13Cl2NO/c1-8(2)15-12(16)6-4-9-3-5-10(13)7-11(9)14/h3-8H,1-2H3,(H,15,16). The van der Waals surface area contributed by atoms with Crippen LogP contribution in [0.2, 0.25) is 10.0 Å². The number of hydrogen-bond donors (Lipinski definition) is 1. The van der Waals surface area contributed by atoms with Crippen molar-refractivity contribution in [1.82, 2.24) is 5.32 Å². The van der Waals surface area contributed by atoms with Gasteiger partial charge in [0.2, 0.25) is 5.91 Å². The van der Waals surface area contributed by atoms with Gasteiger partial charge in [0.15, 0.2) is 0 Å². The molecule has 4 heteroatoms. The van der Waals surface area contributed by atoms with Crippen molar-refractivity contribution < 1.29 is 4.79 Å². The van der Waals surface area contributed by atoms with Gasteiger partial charge < -0.3 is 5.32 Å². The Labute approximate surface area is 105 Å². The summed E-state index contributed by atoms with van der Waals surface area (Å²) >= 11 is 11.7. The van der Waals surface area contributed by atoms with Crippen LogP contribution in [-0.4, -0.2) is 11.9 Å². The van der Waals surface area contributed by atoms with Gasteiger partial charge in [0, 0.05) is 22.2 Å². The molecule has 0 aliphatic carbocycles. The normalized spacial score (nSPS) is 11.1. The second kappa shape index (κ2) is 5.92. The summed E-state index contributed by atoms with van der Waals surface area (Å²) in [5.74, 6) is -0.138. The monoisotopic (exact) mass is 257 g/mol. The van der Waals surface area contributed by atoms with Gasteiger partial charge in [-0.25, -0.2) is 0 Å². The predicted octanol–water partition coefficient (Wildman–Crippen LogP) is 3.53. The Balaban J connectivity index is 2.73. The van der Waals surface area contributed by atoms with Gasteiger partial charge in [-0.3, -0.25) is 4.79 Å². The van der Waals surface area contributed by atoms with Crippen LogP contribution in [0, 0.1) is 0 Å². The van der Waals surface area contributed by atoms with Crippen LogP contribution in [0.4, 0.5) is 0 Å². The van der Waals surface area contributed by atoms with Crippen molar-refractivity contribution >= 4 is 35.2 Å². The molecule has 0 bridgehead atoms. The Bertz CT molecular complexity index is 413. The summed E-state index contributed by atoms with van der Waals surface area (Å²) in [7, 11) is 0. The molecule has 1 N–H and O–H groups in total. The molecule has 16 heavy (non-hydrogen) atoms. The third-order valence-electron chi connectivity index (χ3n) is 1.81. The first-order chi connectivity index (χ1) is 7.49. The fourth-order valence-electron chi connectivity index (χ4n) is 1.13. The minimum Gasteiger partial charge on any atom is -0.350 e. The summed E-state index contributed by atoms with van der Waals surface area (Å²) in [5.41, 5.74) is 0.768. The third-order valence-corrected chi connectivity index (χ3v) is 2.37. The van der Waals surface area contributed by atoms with E-state index < -0.39 is 0 Å². The van der Waals surface area contributed by atoms with Crippen molar-refractivity contribution in [2.24, 2.45) is 0 Å². The maximum atomic E-state index is 11.3. The van der Waals surface area contributed by atoms with Crippen LogP contribution in [0.1, 0.15) is 19.4 Å². The Morgan fingerprint density at radius 3 is 2.62 bits per heavy atom. The number of hydrogen-bond acceptors (Lipinski definition) is 1. The molecule has 0 radical (unpaired) electrons. The summed E-state index contributed by atoms with van der Waals surface area (Å²) in [5, 5.41) is 3.86. The zero-order valence-corrected chi connectivity index (χ0v) is 10.6. The van der Waals surface area contributed by atoms with Gasteiger partial charge in [-0.1, -0.05) is 29.3 Å². The van der Waals surface area contributed by atoms with E-state index in [2.05, 4.69) is 5.32 Å². The van der Waals surface area contributed by atoms with Crippen molar-refractivity contribution in [2.45, 2.75) is 19.9 Å². The maximum Gasteiger partial charge on any atom is 0.244 e. The van der Waals surface area contributed by atoms with Gasteiger partial charge in [0.05, 0.1) is 0 Å². The van der Waals surface area contributed by atoms with Crippen LogP contribution < -0.4 is 5.32 Å². The molecule has 0 aromatic heterocycles. The zero-order valence-electron chi connectivity index (χ0n) is 9.13. The number of amides is 1. The van der Waals surface area contributed by atoms with E-state index in [1.165, 1.54) is 6.08 Å². The highest BCUT2D eigenvalue weighted by molar-refractivity contribution is 6.35. The first-order valence-electron chi connectivity index (χ1n) is 4.92. The zero-order chi connectivity index (χ0) is 12.1. The molecule has 0 aliphatic rings. The number of rotatable bonds is 3. The second-order valence-electron chi connectivity index (χ2n) is 3.66. The summed E-state index contributed by atoms with van der Waals surface area (Å²) < 4.78 is 0. The lowest BCUT2D eigenvalue weighted by Gasteiger charge is -2.04. The van der Waals surface area contributed by atoms with Gasteiger partial charge in [0.25, 0.3) is 0 Å². The smallest absolute Gasteiger partial charge is 0.244 e. The van der Waals surface area contributed by atoms with Crippen molar-refractivity contribution in [3.8, 4) is 0 Å². The van der Waals surface area contributed by atoms with E-state index in [-0.39, 0.29) is 11.9 Å². The van der Waals surface area contributed by atoms with E-state index in [1.54, 1.807) is 24.3 Å². The average molecular weight is 258 g/mol. The molecule has 0 unspecified atom stereocenters. The minimum absolute atomic E-state index is 0.123. The van der Waals surface area contributed by atoms with Crippen LogP contribution in [0.25, 0.3) is 6.08 Å². The van der Waals surface area contributed by atoms with Crippen LogP contribution >= 0.6 is 23.2 Å². The summed E-state index contributed by atoms with van der Waals surface area (Å²) in [6.45, 7) is 3.81. The molecule has 0 fully saturated rings. The molecule has 1 amide bonds. The molecule has 1 aromatic carbocycles. The van der Waals surface area contributed by atoms with E-state index in [4.69, 9.17) is 23.2 Å². The SMILES string of the molecule is CC(C)NC(=O)C=Cc1ccc(Cl)cc1Cl. The van der Waals surface area contributed by atoms with E-state index in [1.807, 2.05) is 13.8 Å². The number of benzene rings is 1. The molecule has 0 atom stereocenters. The largest absolute Gasteiger partial charge is 0.350 e. The molecule has 1 rings (SSSR count). The molecule has 86 valence electrons. The van der Waals surface area contributed by atoms with Crippen molar-refractivity contribution in [3.05, 3.63) is 39.9 Å². The molecule has 0 aliphatic heterocycles. The van der Waals surface area contributed by atoms with Gasteiger partial charge in [-0.05, 0) is 37.6 Å². The minimum atomic E-state index is -0.138. The van der Waals surface area contributed by atoms with Crippen LogP contribution in [0.3, 0.4) is 0 Å². The van der Waals surface area contributed by atoms with E-state index in [0.717, 1.165) is 5.56 Å². The molecular formula is C12H13Cl2NO. The molecule has 0 heterocycles. The van der Waals surface area contributed by atoms with Crippen LogP contribution in [0.15, 0.2) is 24.3 Å². The number of nitrogens with one attached hydrogen (secondary N) is 1. The highest BCUT2D eigenvalue weighted by atomic mass is 35.5. The van der Waals surface area contributed by atoms with Crippen LogP contribution in [-0.2, 0) is 4.79 Å². The summed E-state index contributed by atoms with van der Waals surface area (Å²) in [6.07, 6.45) is 3.12. The van der Waals surface area contributed by atoms with Gasteiger partial charge >= 0.3 is 0 Å². The van der Waals surface area contributed by atoms with Crippen molar-refractivity contribution in [2.75, 3.05) is 0 Å². The van der Waals surface area contributed by atoms with E-state index in [0.29, 0.717) is 10.0 Å². The molecule has 0 saturated heterocycles. The molecule has 1 aromatic rings. The fraction of sp³-hybridized carbons (Fsp3) is 0.250. The molecule has 0 saturated carbocycles. The van der Waals surface area contributed by atoms with E-state index >= 15 is 0 Å². The second-order valence-corrected chi connectivity index (χ2v) is 4.51. The maximum absolute atomic E-state index is 11.3. The predicted molar refractivity (Wildman–Crippen MR) is 68.8 cm³/mol.